The van der Waals surface area contributed by atoms with E-state index in [2.05, 4.69) is 35.5 Å². The van der Waals surface area contributed by atoms with Crippen LogP contribution < -0.4 is 10.0 Å². The number of tetrazole rings is 1. The van der Waals surface area contributed by atoms with Crippen molar-refractivity contribution in [3.8, 4) is 5.69 Å². The fourth-order valence-electron chi connectivity index (χ4n) is 2.72. The number of benzene rings is 2. The molecule has 11 nitrogen and oxygen atoms in total. The highest BCUT2D eigenvalue weighted by molar-refractivity contribution is 7.99. The predicted molar refractivity (Wildman–Crippen MR) is 123 cm³/mol. The van der Waals surface area contributed by atoms with E-state index < -0.39 is 10.0 Å². The molecule has 0 bridgehead atoms. The van der Waals surface area contributed by atoms with Gasteiger partial charge in [0.15, 0.2) is 0 Å². The second kappa shape index (κ2) is 9.75. The van der Waals surface area contributed by atoms with Gasteiger partial charge in [0.25, 0.3) is 10.0 Å². The quantitative estimate of drug-likeness (QED) is 0.361. The monoisotopic (exact) mass is 482 g/mol. The zero-order valence-corrected chi connectivity index (χ0v) is 18.9. The number of amides is 1. The fraction of sp³-hybridized carbons (Fsp3) is 0.100. The lowest BCUT2D eigenvalue weighted by molar-refractivity contribution is -0.113. The van der Waals surface area contributed by atoms with Gasteiger partial charge in [-0.25, -0.2) is 23.1 Å². The normalized spacial score (nSPS) is 11.2. The topological polar surface area (TPSA) is 145 Å². The molecule has 2 heterocycles. The highest BCUT2D eigenvalue weighted by Crippen LogP contribution is 2.20. The molecule has 0 radical (unpaired) electrons. The average Bonchev–Trinajstić information content (AvgIpc) is 3.27. The minimum atomic E-state index is -3.86. The Morgan fingerprint density at radius 1 is 1.06 bits per heavy atom. The third-order valence-corrected chi connectivity index (χ3v) is 6.51. The lowest BCUT2D eigenvalue weighted by Gasteiger charge is -2.09. The zero-order valence-electron chi connectivity index (χ0n) is 17.3. The van der Waals surface area contributed by atoms with Crippen LogP contribution in [0.3, 0.4) is 0 Å². The number of nitrogens with zero attached hydrogens (tertiary/aromatic N) is 6. The Bertz CT molecular complexity index is 1360. The molecule has 2 aromatic carbocycles. The van der Waals surface area contributed by atoms with E-state index in [4.69, 9.17) is 0 Å². The van der Waals surface area contributed by atoms with Gasteiger partial charge in [0.1, 0.15) is 0 Å². The van der Waals surface area contributed by atoms with E-state index in [0.717, 1.165) is 5.69 Å². The number of rotatable bonds is 8. The van der Waals surface area contributed by atoms with E-state index in [1.54, 1.807) is 17.7 Å². The SMILES string of the molecule is Cc1ccnc(NS(=O)(=O)c2ccc(NC(=O)CSc3nnnn3-c3ccccc3)cc2)n1. The van der Waals surface area contributed by atoms with Gasteiger partial charge in [0.05, 0.1) is 16.3 Å². The van der Waals surface area contributed by atoms with Crippen LogP contribution in [0.25, 0.3) is 5.69 Å². The van der Waals surface area contributed by atoms with Crippen molar-refractivity contribution in [3.63, 3.8) is 0 Å². The molecule has 2 aromatic heterocycles. The third kappa shape index (κ3) is 5.70. The third-order valence-electron chi connectivity index (χ3n) is 4.24. The second-order valence-electron chi connectivity index (χ2n) is 6.70. The number of thioether (sulfide) groups is 1. The molecule has 4 aromatic rings. The summed E-state index contributed by atoms with van der Waals surface area (Å²) in [6, 6.07) is 16.8. The number of para-hydroxylation sites is 1. The first-order valence-corrected chi connectivity index (χ1v) is 12.1. The van der Waals surface area contributed by atoms with Crippen molar-refractivity contribution >= 4 is 39.3 Å². The number of anilines is 2. The minimum absolute atomic E-state index is 0.0118. The van der Waals surface area contributed by atoms with E-state index in [-0.39, 0.29) is 22.5 Å². The summed E-state index contributed by atoms with van der Waals surface area (Å²) in [6.07, 6.45) is 1.47. The van der Waals surface area contributed by atoms with Crippen molar-refractivity contribution < 1.29 is 13.2 Å². The molecular formula is C20H18N8O3S2. The number of hydrogen-bond acceptors (Lipinski definition) is 9. The van der Waals surface area contributed by atoms with Crippen LogP contribution in [0.15, 0.2) is 76.9 Å². The standard InChI is InChI=1S/C20H18N8O3S2/c1-14-11-12-21-19(22-14)25-33(30,31)17-9-7-15(8-10-17)23-18(29)13-32-20-24-26-27-28(20)16-5-3-2-4-6-16/h2-12H,13H2,1H3,(H,23,29)(H,21,22,25). The Morgan fingerprint density at radius 3 is 2.55 bits per heavy atom. The van der Waals surface area contributed by atoms with Crippen molar-refractivity contribution in [1.82, 2.24) is 30.2 Å². The van der Waals surface area contributed by atoms with Gasteiger partial charge < -0.3 is 5.32 Å². The maximum absolute atomic E-state index is 12.5. The molecule has 2 N–H and O–H groups in total. The highest BCUT2D eigenvalue weighted by Gasteiger charge is 2.16. The van der Waals surface area contributed by atoms with E-state index in [9.17, 15) is 13.2 Å². The van der Waals surface area contributed by atoms with Crippen molar-refractivity contribution in [2.24, 2.45) is 0 Å². The summed E-state index contributed by atoms with van der Waals surface area (Å²) in [5, 5.41) is 14.8. The van der Waals surface area contributed by atoms with Crippen LogP contribution in [0.2, 0.25) is 0 Å². The Kier molecular flexibility index (Phi) is 6.60. The molecule has 0 unspecified atom stereocenters. The number of nitrogens with one attached hydrogen (secondary N) is 2. The molecule has 0 fully saturated rings. The van der Waals surface area contributed by atoms with Crippen molar-refractivity contribution in [2.45, 2.75) is 17.0 Å². The van der Waals surface area contributed by atoms with Gasteiger partial charge in [-0.15, -0.1) is 5.10 Å². The lowest BCUT2D eigenvalue weighted by atomic mass is 10.3. The number of carbonyl (C=O) groups is 1. The molecule has 0 atom stereocenters. The van der Waals surface area contributed by atoms with Gasteiger partial charge in [-0.2, -0.15) is 4.68 Å². The molecule has 168 valence electrons. The summed E-state index contributed by atoms with van der Waals surface area (Å²) in [5.41, 5.74) is 1.87. The molecular weight excluding hydrogens is 464 g/mol. The highest BCUT2D eigenvalue weighted by atomic mass is 32.2. The average molecular weight is 483 g/mol. The summed E-state index contributed by atoms with van der Waals surface area (Å²) < 4.78 is 28.9. The van der Waals surface area contributed by atoms with E-state index in [1.165, 1.54) is 42.2 Å². The van der Waals surface area contributed by atoms with Crippen molar-refractivity contribution in [2.75, 3.05) is 15.8 Å². The van der Waals surface area contributed by atoms with Crippen molar-refractivity contribution in [3.05, 3.63) is 72.6 Å². The van der Waals surface area contributed by atoms with Crippen LogP contribution in [0.4, 0.5) is 11.6 Å². The number of aromatic nitrogens is 6. The van der Waals surface area contributed by atoms with Crippen LogP contribution >= 0.6 is 11.8 Å². The van der Waals surface area contributed by atoms with Gasteiger partial charge in [-0.3, -0.25) is 4.79 Å². The summed E-state index contributed by atoms with van der Waals surface area (Å²) >= 11 is 1.18. The summed E-state index contributed by atoms with van der Waals surface area (Å²) in [6.45, 7) is 1.73. The summed E-state index contributed by atoms with van der Waals surface area (Å²) in [4.78, 5) is 20.3. The van der Waals surface area contributed by atoms with Gasteiger partial charge in [-0.05, 0) is 59.8 Å². The number of carbonyl (C=O) groups excluding carboxylic acids is 1. The number of sulfonamides is 1. The molecule has 0 saturated heterocycles. The molecule has 4 rings (SSSR count). The first kappa shape index (κ1) is 22.4. The van der Waals surface area contributed by atoms with Crippen LogP contribution in [-0.4, -0.2) is 50.3 Å². The Balaban J connectivity index is 1.36. The number of aryl methyl sites for hydroxylation is 1. The van der Waals surface area contributed by atoms with Crippen LogP contribution in [-0.2, 0) is 14.8 Å². The second-order valence-corrected chi connectivity index (χ2v) is 9.32. The van der Waals surface area contributed by atoms with Crippen LogP contribution in [0.1, 0.15) is 5.69 Å². The van der Waals surface area contributed by atoms with Gasteiger partial charge >= 0.3 is 0 Å². The number of hydrogen-bond donors (Lipinski definition) is 2. The van der Waals surface area contributed by atoms with Crippen LogP contribution in [0, 0.1) is 6.92 Å². The summed E-state index contributed by atoms with van der Waals surface area (Å²) in [7, 11) is -3.86. The maximum atomic E-state index is 12.5. The maximum Gasteiger partial charge on any atom is 0.264 e. The molecule has 0 aliphatic carbocycles. The first-order valence-electron chi connectivity index (χ1n) is 9.60. The van der Waals surface area contributed by atoms with E-state index in [1.807, 2.05) is 30.3 Å². The predicted octanol–water partition coefficient (Wildman–Crippen LogP) is 2.29. The van der Waals surface area contributed by atoms with Gasteiger partial charge in [0, 0.05) is 17.6 Å². The van der Waals surface area contributed by atoms with E-state index >= 15 is 0 Å². The smallest absolute Gasteiger partial charge is 0.264 e. The largest absolute Gasteiger partial charge is 0.325 e. The Hall–Kier alpha value is -3.84. The molecule has 0 aliphatic heterocycles. The molecule has 1 amide bonds. The molecule has 0 aliphatic rings. The first-order chi connectivity index (χ1) is 15.9. The lowest BCUT2D eigenvalue weighted by Crippen LogP contribution is -2.16. The zero-order chi connectivity index (χ0) is 23.3. The van der Waals surface area contributed by atoms with E-state index in [0.29, 0.717) is 16.5 Å². The van der Waals surface area contributed by atoms with Gasteiger partial charge in [-0.1, -0.05) is 30.0 Å². The Morgan fingerprint density at radius 2 is 1.82 bits per heavy atom. The Labute approximate surface area is 193 Å². The molecule has 13 heteroatoms. The molecule has 33 heavy (non-hydrogen) atoms. The summed E-state index contributed by atoms with van der Waals surface area (Å²) in [5.74, 6) is -0.230. The van der Waals surface area contributed by atoms with Gasteiger partial charge in [0.2, 0.25) is 17.0 Å². The minimum Gasteiger partial charge on any atom is -0.325 e. The van der Waals surface area contributed by atoms with Crippen molar-refractivity contribution in [1.29, 1.82) is 0 Å². The fourth-order valence-corrected chi connectivity index (χ4v) is 4.36. The van der Waals surface area contributed by atoms with Crippen LogP contribution in [0.5, 0.6) is 0 Å². The molecule has 0 spiro atoms. The molecule has 0 saturated carbocycles.